The summed E-state index contributed by atoms with van der Waals surface area (Å²) in [4.78, 5) is 15.5. The van der Waals surface area contributed by atoms with Crippen LogP contribution in [0.5, 0.6) is 5.88 Å². The molecule has 7 heteroatoms. The molecule has 1 heterocycles. The van der Waals surface area contributed by atoms with Crippen molar-refractivity contribution in [3.05, 3.63) is 23.9 Å². The molecule has 0 atom stereocenters. The highest BCUT2D eigenvalue weighted by Crippen LogP contribution is 2.23. The summed E-state index contributed by atoms with van der Waals surface area (Å²) in [5.74, 6) is 0.571. The summed E-state index contributed by atoms with van der Waals surface area (Å²) in [5.41, 5.74) is 0.651. The summed E-state index contributed by atoms with van der Waals surface area (Å²) in [6, 6.07) is 2.99. The number of carbonyl (C=O) groups is 1. The monoisotopic (exact) mass is 313 g/mol. The van der Waals surface area contributed by atoms with Gasteiger partial charge < -0.3 is 15.4 Å². The van der Waals surface area contributed by atoms with Gasteiger partial charge in [-0.15, -0.1) is 0 Å². The fourth-order valence-electron chi connectivity index (χ4n) is 2.54. The van der Waals surface area contributed by atoms with Crippen molar-refractivity contribution in [2.45, 2.75) is 51.8 Å². The Morgan fingerprint density at radius 1 is 1.41 bits per heavy atom. The van der Waals surface area contributed by atoms with Crippen LogP contribution >= 0.6 is 0 Å². The van der Waals surface area contributed by atoms with Crippen LogP contribution in [0.25, 0.3) is 0 Å². The molecule has 22 heavy (non-hydrogen) atoms. The van der Waals surface area contributed by atoms with Crippen molar-refractivity contribution < 1.29 is 18.3 Å². The van der Waals surface area contributed by atoms with E-state index in [1.165, 1.54) is 12.3 Å². The Morgan fingerprint density at radius 2 is 2.14 bits per heavy atom. The Kier molecular flexibility index (Phi) is 5.91. The summed E-state index contributed by atoms with van der Waals surface area (Å²) in [7, 11) is 0. The minimum absolute atomic E-state index is 0.157. The van der Waals surface area contributed by atoms with Crippen molar-refractivity contribution in [1.82, 2.24) is 15.6 Å². The molecule has 0 aliphatic heterocycles. The number of carbonyl (C=O) groups excluding carboxylic acids is 1. The zero-order valence-electron chi connectivity index (χ0n) is 12.5. The highest BCUT2D eigenvalue weighted by atomic mass is 19.3. The predicted octanol–water partition coefficient (Wildman–Crippen LogP) is 3.06. The number of nitrogens with one attached hydrogen (secondary N) is 2. The van der Waals surface area contributed by atoms with E-state index in [0.717, 1.165) is 31.6 Å². The van der Waals surface area contributed by atoms with Crippen molar-refractivity contribution in [3.8, 4) is 5.88 Å². The lowest BCUT2D eigenvalue weighted by Gasteiger charge is -2.26. The molecule has 5 nitrogen and oxygen atoms in total. The zero-order chi connectivity index (χ0) is 15.9. The molecule has 1 aromatic heterocycles. The van der Waals surface area contributed by atoms with Gasteiger partial charge in [0, 0.05) is 24.8 Å². The normalized spacial score (nSPS) is 21.5. The number of aromatic nitrogens is 1. The van der Waals surface area contributed by atoms with Gasteiger partial charge in [0.1, 0.15) is 0 Å². The lowest BCUT2D eigenvalue weighted by Crippen LogP contribution is -2.43. The fourth-order valence-corrected chi connectivity index (χ4v) is 2.54. The second kappa shape index (κ2) is 7.91. The number of ether oxygens (including phenoxy) is 1. The smallest absolute Gasteiger partial charge is 0.388 e. The first-order chi connectivity index (χ1) is 10.5. The molecule has 0 radical (unpaired) electrons. The quantitative estimate of drug-likeness (QED) is 0.878. The molecule has 122 valence electrons. The standard InChI is InChI=1S/C15H21F2N3O2/c1-10-2-4-12(5-3-10)20-15(21)19-9-11-6-7-18-13(8-11)22-14(16)17/h6-8,10,12,14H,2-5,9H2,1H3,(H2,19,20,21). The Bertz CT molecular complexity index is 491. The van der Waals surface area contributed by atoms with E-state index in [1.807, 2.05) is 0 Å². The van der Waals surface area contributed by atoms with Gasteiger partial charge in [0.2, 0.25) is 5.88 Å². The number of urea groups is 1. The van der Waals surface area contributed by atoms with E-state index >= 15 is 0 Å². The summed E-state index contributed by atoms with van der Waals surface area (Å²) >= 11 is 0. The third-order valence-corrected chi connectivity index (χ3v) is 3.81. The van der Waals surface area contributed by atoms with Gasteiger partial charge in [0.25, 0.3) is 0 Å². The number of pyridine rings is 1. The van der Waals surface area contributed by atoms with Gasteiger partial charge in [-0.25, -0.2) is 9.78 Å². The molecule has 1 saturated carbocycles. The van der Waals surface area contributed by atoms with E-state index in [-0.39, 0.29) is 24.5 Å². The zero-order valence-corrected chi connectivity index (χ0v) is 12.5. The average molecular weight is 313 g/mol. The van der Waals surface area contributed by atoms with Crippen molar-refractivity contribution in [2.24, 2.45) is 5.92 Å². The maximum absolute atomic E-state index is 12.1. The van der Waals surface area contributed by atoms with Gasteiger partial charge in [0.15, 0.2) is 0 Å². The molecule has 1 fully saturated rings. The maximum atomic E-state index is 12.1. The molecule has 0 unspecified atom stereocenters. The fraction of sp³-hybridized carbons (Fsp3) is 0.600. The van der Waals surface area contributed by atoms with Gasteiger partial charge in [-0.05, 0) is 43.2 Å². The van der Waals surface area contributed by atoms with Crippen molar-refractivity contribution in [2.75, 3.05) is 0 Å². The Hall–Kier alpha value is -1.92. The second-order valence-electron chi connectivity index (χ2n) is 5.66. The van der Waals surface area contributed by atoms with Gasteiger partial charge in [-0.1, -0.05) is 6.92 Å². The SMILES string of the molecule is CC1CCC(NC(=O)NCc2ccnc(OC(F)F)c2)CC1. The molecular formula is C15H21F2N3O2. The van der Waals surface area contributed by atoms with Crippen LogP contribution in [-0.2, 0) is 6.54 Å². The summed E-state index contributed by atoms with van der Waals surface area (Å²) < 4.78 is 28.4. The van der Waals surface area contributed by atoms with Crippen LogP contribution in [0.3, 0.4) is 0 Å². The Balaban J connectivity index is 1.76. The average Bonchev–Trinajstić information content (AvgIpc) is 2.47. The molecule has 0 bridgehead atoms. The number of halogens is 2. The second-order valence-corrected chi connectivity index (χ2v) is 5.66. The van der Waals surface area contributed by atoms with Crippen molar-refractivity contribution in [3.63, 3.8) is 0 Å². The van der Waals surface area contributed by atoms with E-state index < -0.39 is 6.61 Å². The van der Waals surface area contributed by atoms with Crippen LogP contribution in [0.2, 0.25) is 0 Å². The predicted molar refractivity (Wildman–Crippen MR) is 77.7 cm³/mol. The summed E-state index contributed by atoms with van der Waals surface area (Å²) in [6.45, 7) is -0.455. The lowest BCUT2D eigenvalue weighted by atomic mass is 9.87. The van der Waals surface area contributed by atoms with Crippen molar-refractivity contribution in [1.29, 1.82) is 0 Å². The first-order valence-corrected chi connectivity index (χ1v) is 7.47. The van der Waals surface area contributed by atoms with E-state index in [1.54, 1.807) is 6.07 Å². The first-order valence-electron chi connectivity index (χ1n) is 7.47. The number of nitrogens with zero attached hydrogens (tertiary/aromatic N) is 1. The first kappa shape index (κ1) is 16.5. The molecule has 2 rings (SSSR count). The van der Waals surface area contributed by atoms with Crippen LogP contribution in [0.4, 0.5) is 13.6 Å². The van der Waals surface area contributed by atoms with Gasteiger partial charge in [-0.3, -0.25) is 0 Å². The van der Waals surface area contributed by atoms with E-state index in [4.69, 9.17) is 0 Å². The lowest BCUT2D eigenvalue weighted by molar-refractivity contribution is -0.0529. The van der Waals surface area contributed by atoms with E-state index in [0.29, 0.717) is 5.56 Å². The molecule has 1 aliphatic rings. The van der Waals surface area contributed by atoms with Crippen LogP contribution in [0.1, 0.15) is 38.2 Å². The molecule has 1 aliphatic carbocycles. The number of alkyl halides is 2. The minimum Gasteiger partial charge on any atom is -0.417 e. The summed E-state index contributed by atoms with van der Waals surface area (Å²) in [5, 5.41) is 5.66. The van der Waals surface area contributed by atoms with Crippen LogP contribution in [0.15, 0.2) is 18.3 Å². The Morgan fingerprint density at radius 3 is 2.82 bits per heavy atom. The number of rotatable bonds is 5. The molecule has 0 aromatic carbocycles. The molecule has 2 amide bonds. The highest BCUT2D eigenvalue weighted by molar-refractivity contribution is 5.74. The molecular weight excluding hydrogens is 292 g/mol. The number of amides is 2. The van der Waals surface area contributed by atoms with Crippen molar-refractivity contribution >= 4 is 6.03 Å². The van der Waals surface area contributed by atoms with Gasteiger partial charge in [-0.2, -0.15) is 8.78 Å². The highest BCUT2D eigenvalue weighted by Gasteiger charge is 2.19. The minimum atomic E-state index is -2.91. The largest absolute Gasteiger partial charge is 0.417 e. The molecule has 0 spiro atoms. The molecule has 2 N–H and O–H groups in total. The third-order valence-electron chi connectivity index (χ3n) is 3.81. The third kappa shape index (κ3) is 5.46. The van der Waals surface area contributed by atoms with Gasteiger partial charge in [0.05, 0.1) is 0 Å². The van der Waals surface area contributed by atoms with Crippen LogP contribution in [-0.4, -0.2) is 23.7 Å². The topological polar surface area (TPSA) is 63.2 Å². The van der Waals surface area contributed by atoms with Gasteiger partial charge >= 0.3 is 12.6 Å². The number of hydrogen-bond donors (Lipinski definition) is 2. The van der Waals surface area contributed by atoms with Crippen LogP contribution < -0.4 is 15.4 Å². The molecule has 1 aromatic rings. The Labute approximate surface area is 128 Å². The number of hydrogen-bond acceptors (Lipinski definition) is 3. The van der Waals surface area contributed by atoms with E-state index in [2.05, 4.69) is 27.3 Å². The van der Waals surface area contributed by atoms with Crippen LogP contribution in [0, 0.1) is 5.92 Å². The maximum Gasteiger partial charge on any atom is 0.388 e. The summed E-state index contributed by atoms with van der Waals surface area (Å²) in [6.07, 6.45) is 5.62. The van der Waals surface area contributed by atoms with E-state index in [9.17, 15) is 13.6 Å². The molecule has 0 saturated heterocycles.